The fourth-order valence-corrected chi connectivity index (χ4v) is 2.57. The number of carbonyl (C=O) groups excluding carboxylic acids is 2. The van der Waals surface area contributed by atoms with E-state index < -0.39 is 15.7 Å². The summed E-state index contributed by atoms with van der Waals surface area (Å²) in [6, 6.07) is 4.83. The third-order valence-electron chi connectivity index (χ3n) is 3.52. The predicted octanol–water partition coefficient (Wildman–Crippen LogP) is 2.62. The predicted molar refractivity (Wildman–Crippen MR) is 75.5 cm³/mol. The van der Waals surface area contributed by atoms with Crippen molar-refractivity contribution in [2.45, 2.75) is 24.6 Å². The van der Waals surface area contributed by atoms with Gasteiger partial charge in [0.25, 0.3) is 0 Å². The number of halogens is 2. The molecule has 1 saturated carbocycles. The molecule has 0 saturated heterocycles. The molecule has 0 aliphatic heterocycles. The zero-order valence-electron chi connectivity index (χ0n) is 10.6. The van der Waals surface area contributed by atoms with E-state index in [1.807, 2.05) is 0 Å². The van der Waals surface area contributed by atoms with Gasteiger partial charge in [0.05, 0.1) is 5.41 Å². The molecule has 4 nitrogen and oxygen atoms in total. The Kier molecular flexibility index (Phi) is 3.27. The van der Waals surface area contributed by atoms with Gasteiger partial charge >= 0.3 is 0 Å². The molecule has 102 valence electrons. The minimum atomic E-state index is -1.00. The minimum Gasteiger partial charge on any atom is -0.366 e. The largest absolute Gasteiger partial charge is 0.366 e. The van der Waals surface area contributed by atoms with E-state index in [0.29, 0.717) is 17.7 Å². The molecule has 0 radical (unpaired) electrons. The summed E-state index contributed by atoms with van der Waals surface area (Å²) < 4.78 is -1.00. The Morgan fingerprint density at radius 3 is 2.37 bits per heavy atom. The van der Waals surface area contributed by atoms with E-state index in [2.05, 4.69) is 5.32 Å². The number of carbonyl (C=O) groups is 2. The van der Waals surface area contributed by atoms with Crippen molar-refractivity contribution >= 4 is 40.7 Å². The summed E-state index contributed by atoms with van der Waals surface area (Å²) in [6.45, 7) is 3.50. The van der Waals surface area contributed by atoms with Gasteiger partial charge < -0.3 is 11.1 Å². The standard InChI is InChI=1S/C13H14Cl2N2O2/c1-7-5-8(10(16)18)3-4-9(7)17-11(19)12(2)6-13(12,14)15/h3-5H,6H2,1-2H3,(H2,16,18)(H,17,19)/t12-/m1/s1. The highest BCUT2D eigenvalue weighted by Crippen LogP contribution is 2.64. The van der Waals surface area contributed by atoms with E-state index in [0.717, 1.165) is 5.56 Å². The Bertz CT molecular complexity index is 572. The first-order valence-corrected chi connectivity index (χ1v) is 6.53. The van der Waals surface area contributed by atoms with E-state index in [1.165, 1.54) is 0 Å². The van der Waals surface area contributed by atoms with Crippen molar-refractivity contribution < 1.29 is 9.59 Å². The van der Waals surface area contributed by atoms with Crippen LogP contribution in [0.25, 0.3) is 0 Å². The molecule has 0 aromatic heterocycles. The molecule has 0 bridgehead atoms. The van der Waals surface area contributed by atoms with Crippen molar-refractivity contribution in [3.8, 4) is 0 Å². The molecular formula is C13H14Cl2N2O2. The number of primary amides is 1. The monoisotopic (exact) mass is 300 g/mol. The van der Waals surface area contributed by atoms with Crippen LogP contribution in [0.3, 0.4) is 0 Å². The first kappa shape index (κ1) is 14.2. The Morgan fingerprint density at radius 2 is 1.95 bits per heavy atom. The highest BCUT2D eigenvalue weighted by Gasteiger charge is 2.67. The lowest BCUT2D eigenvalue weighted by Crippen LogP contribution is -2.26. The van der Waals surface area contributed by atoms with Crippen LogP contribution in [0, 0.1) is 12.3 Å². The van der Waals surface area contributed by atoms with Crippen LogP contribution in [-0.2, 0) is 4.79 Å². The summed E-state index contributed by atoms with van der Waals surface area (Å²) in [5.74, 6) is -0.733. The van der Waals surface area contributed by atoms with Gasteiger partial charge in [-0.1, -0.05) is 0 Å². The highest BCUT2D eigenvalue weighted by molar-refractivity contribution is 6.53. The first-order valence-electron chi connectivity index (χ1n) is 5.77. The number of benzene rings is 1. The van der Waals surface area contributed by atoms with Crippen LogP contribution in [0.1, 0.15) is 29.3 Å². The van der Waals surface area contributed by atoms with Crippen LogP contribution >= 0.6 is 23.2 Å². The zero-order valence-corrected chi connectivity index (χ0v) is 12.1. The average molecular weight is 301 g/mol. The molecule has 1 aromatic rings. The summed E-state index contributed by atoms with van der Waals surface area (Å²) in [6.07, 6.45) is 0.424. The van der Waals surface area contributed by atoms with Crippen LogP contribution in [0.5, 0.6) is 0 Å². The van der Waals surface area contributed by atoms with Gasteiger partial charge in [-0.15, -0.1) is 23.2 Å². The SMILES string of the molecule is Cc1cc(C(N)=O)ccc1NC(=O)[C@@]1(C)CC1(Cl)Cl. The molecule has 2 rings (SSSR count). The van der Waals surface area contributed by atoms with Crippen LogP contribution < -0.4 is 11.1 Å². The molecule has 0 spiro atoms. The molecule has 0 unspecified atom stereocenters. The number of anilines is 1. The molecule has 1 atom stereocenters. The smallest absolute Gasteiger partial charge is 0.248 e. The molecule has 6 heteroatoms. The van der Waals surface area contributed by atoms with E-state index in [1.54, 1.807) is 32.0 Å². The van der Waals surface area contributed by atoms with Gasteiger partial charge in [0.15, 0.2) is 0 Å². The van der Waals surface area contributed by atoms with Crippen molar-refractivity contribution in [1.82, 2.24) is 0 Å². The summed E-state index contributed by atoms with van der Waals surface area (Å²) in [4.78, 5) is 23.2. The zero-order chi connectivity index (χ0) is 14.4. The van der Waals surface area contributed by atoms with E-state index >= 15 is 0 Å². The number of aryl methyl sites for hydroxylation is 1. The Labute approximate surface area is 121 Å². The topological polar surface area (TPSA) is 72.2 Å². The number of hydrogen-bond donors (Lipinski definition) is 2. The molecule has 0 heterocycles. The van der Waals surface area contributed by atoms with Crippen molar-refractivity contribution in [1.29, 1.82) is 0 Å². The summed E-state index contributed by atoms with van der Waals surface area (Å²) in [5, 5.41) is 2.77. The van der Waals surface area contributed by atoms with Gasteiger partial charge in [0.2, 0.25) is 11.8 Å². The maximum atomic E-state index is 12.1. The van der Waals surface area contributed by atoms with Crippen molar-refractivity contribution in [3.63, 3.8) is 0 Å². The number of nitrogens with one attached hydrogen (secondary N) is 1. The van der Waals surface area contributed by atoms with E-state index in [4.69, 9.17) is 28.9 Å². The molecule has 1 fully saturated rings. The maximum absolute atomic E-state index is 12.1. The Morgan fingerprint density at radius 1 is 1.37 bits per heavy atom. The third-order valence-corrected chi connectivity index (χ3v) is 4.62. The second-order valence-corrected chi connectivity index (χ2v) is 6.55. The molecule has 1 aliphatic carbocycles. The average Bonchev–Trinajstić information content (AvgIpc) is 2.82. The molecular weight excluding hydrogens is 287 g/mol. The normalized spacial score (nSPS) is 23.8. The van der Waals surface area contributed by atoms with E-state index in [9.17, 15) is 9.59 Å². The Hall–Kier alpha value is -1.26. The number of alkyl halides is 2. The number of rotatable bonds is 3. The van der Waals surface area contributed by atoms with Crippen molar-refractivity contribution in [2.75, 3.05) is 5.32 Å². The fraction of sp³-hybridized carbons (Fsp3) is 0.385. The van der Waals surface area contributed by atoms with Gasteiger partial charge in [-0.25, -0.2) is 0 Å². The van der Waals surface area contributed by atoms with Gasteiger partial charge in [-0.2, -0.15) is 0 Å². The quantitative estimate of drug-likeness (QED) is 0.842. The van der Waals surface area contributed by atoms with Crippen LogP contribution in [0.4, 0.5) is 5.69 Å². The molecule has 2 amide bonds. The summed E-state index contributed by atoms with van der Waals surface area (Å²) in [7, 11) is 0. The van der Waals surface area contributed by atoms with Crippen LogP contribution in [0.15, 0.2) is 18.2 Å². The second kappa shape index (κ2) is 4.39. The summed E-state index contributed by atoms with van der Waals surface area (Å²) in [5.41, 5.74) is 6.19. The van der Waals surface area contributed by atoms with Gasteiger partial charge in [0, 0.05) is 11.3 Å². The van der Waals surface area contributed by atoms with Crippen molar-refractivity contribution in [2.24, 2.45) is 11.1 Å². The molecule has 19 heavy (non-hydrogen) atoms. The first-order chi connectivity index (χ1) is 8.67. The maximum Gasteiger partial charge on any atom is 0.248 e. The number of nitrogens with two attached hydrogens (primary N) is 1. The van der Waals surface area contributed by atoms with Gasteiger partial charge in [-0.3, -0.25) is 9.59 Å². The van der Waals surface area contributed by atoms with Gasteiger partial charge in [0.1, 0.15) is 4.33 Å². The Balaban J connectivity index is 2.17. The lowest BCUT2D eigenvalue weighted by atomic mass is 10.1. The lowest BCUT2D eigenvalue weighted by molar-refractivity contribution is -0.120. The minimum absolute atomic E-state index is 0.229. The fourth-order valence-electron chi connectivity index (χ4n) is 1.86. The number of hydrogen-bond acceptors (Lipinski definition) is 2. The van der Waals surface area contributed by atoms with E-state index in [-0.39, 0.29) is 5.91 Å². The summed E-state index contributed by atoms with van der Waals surface area (Å²) >= 11 is 11.9. The van der Waals surface area contributed by atoms with Crippen LogP contribution in [0.2, 0.25) is 0 Å². The van der Waals surface area contributed by atoms with Crippen LogP contribution in [-0.4, -0.2) is 16.1 Å². The van der Waals surface area contributed by atoms with Gasteiger partial charge in [-0.05, 0) is 44.0 Å². The molecule has 1 aliphatic rings. The molecule has 3 N–H and O–H groups in total. The lowest BCUT2D eigenvalue weighted by Gasteiger charge is -2.14. The number of amides is 2. The molecule has 1 aromatic carbocycles. The van der Waals surface area contributed by atoms with Crippen molar-refractivity contribution in [3.05, 3.63) is 29.3 Å². The third kappa shape index (κ3) is 2.42. The highest BCUT2D eigenvalue weighted by atomic mass is 35.5. The second-order valence-electron chi connectivity index (χ2n) is 5.06.